The fourth-order valence-corrected chi connectivity index (χ4v) is 2.57. The molecule has 1 aliphatic rings. The van der Waals surface area contributed by atoms with Crippen LogP contribution in [-0.2, 0) is 15.8 Å². The number of halogens is 3. The molecule has 1 aliphatic carbocycles. The highest BCUT2D eigenvalue weighted by molar-refractivity contribution is 5.87. The van der Waals surface area contributed by atoms with Crippen LogP contribution in [0.2, 0.25) is 0 Å². The Labute approximate surface area is 137 Å². The maximum absolute atomic E-state index is 12.7. The number of carboxylic acid groups (broad SMARTS) is 1. The van der Waals surface area contributed by atoms with Gasteiger partial charge in [0.2, 0.25) is 5.91 Å². The Kier molecular flexibility index (Phi) is 5.31. The minimum Gasteiger partial charge on any atom is -0.480 e. The van der Waals surface area contributed by atoms with Gasteiger partial charge in [0, 0.05) is 5.92 Å². The molecule has 7 heteroatoms. The third-order valence-electron chi connectivity index (χ3n) is 3.99. The Balaban J connectivity index is 2.01. The number of amides is 1. The maximum Gasteiger partial charge on any atom is 0.416 e. The number of hydrogen-bond donors (Lipinski definition) is 2. The molecule has 3 atom stereocenters. The minimum atomic E-state index is -4.43. The van der Waals surface area contributed by atoms with Gasteiger partial charge in [0.1, 0.15) is 6.04 Å². The van der Waals surface area contributed by atoms with E-state index in [9.17, 15) is 22.8 Å². The molecular weight excluding hydrogens is 323 g/mol. The average Bonchev–Trinajstić information content (AvgIpc) is 3.31. The fraction of sp³-hybridized carbons (Fsp3) is 0.412. The van der Waals surface area contributed by atoms with Crippen LogP contribution in [0.1, 0.15) is 36.8 Å². The van der Waals surface area contributed by atoms with Gasteiger partial charge in [-0.2, -0.15) is 13.2 Å². The van der Waals surface area contributed by atoms with Gasteiger partial charge >= 0.3 is 12.1 Å². The number of nitrogens with one attached hydrogen (secondary N) is 1. The van der Waals surface area contributed by atoms with Crippen LogP contribution >= 0.6 is 0 Å². The molecule has 1 saturated carbocycles. The molecule has 24 heavy (non-hydrogen) atoms. The van der Waals surface area contributed by atoms with E-state index in [4.69, 9.17) is 5.11 Å². The molecule has 0 saturated heterocycles. The summed E-state index contributed by atoms with van der Waals surface area (Å²) in [6.07, 6.45) is -0.522. The van der Waals surface area contributed by atoms with Crippen molar-refractivity contribution in [1.29, 1.82) is 0 Å². The molecule has 1 aromatic carbocycles. The van der Waals surface area contributed by atoms with Gasteiger partial charge in [0.15, 0.2) is 0 Å². The number of benzene rings is 1. The topological polar surface area (TPSA) is 66.4 Å². The molecule has 0 heterocycles. The Bertz CT molecular complexity index is 655. The van der Waals surface area contributed by atoms with E-state index in [1.807, 2.05) is 0 Å². The Morgan fingerprint density at radius 3 is 2.71 bits per heavy atom. The van der Waals surface area contributed by atoms with Crippen molar-refractivity contribution in [2.24, 2.45) is 5.92 Å². The number of alkyl halides is 3. The first-order valence-electron chi connectivity index (χ1n) is 7.55. The number of aliphatic carboxylic acids is 1. The van der Waals surface area contributed by atoms with Crippen LogP contribution in [0.4, 0.5) is 13.2 Å². The SMILES string of the molecule is C/C=C/CC(NC(=O)C1CC1c1cccc(C(F)(F)F)c1)C(=O)O. The summed E-state index contributed by atoms with van der Waals surface area (Å²) in [6, 6.07) is 3.88. The second-order valence-corrected chi connectivity index (χ2v) is 5.78. The summed E-state index contributed by atoms with van der Waals surface area (Å²) in [5, 5.41) is 11.5. The van der Waals surface area contributed by atoms with E-state index in [-0.39, 0.29) is 12.3 Å². The fourth-order valence-electron chi connectivity index (χ4n) is 2.57. The highest BCUT2D eigenvalue weighted by atomic mass is 19.4. The molecule has 1 aromatic rings. The zero-order valence-electron chi connectivity index (χ0n) is 13.0. The van der Waals surface area contributed by atoms with Gasteiger partial charge in [-0.3, -0.25) is 4.79 Å². The van der Waals surface area contributed by atoms with E-state index >= 15 is 0 Å². The minimum absolute atomic E-state index is 0.165. The summed E-state index contributed by atoms with van der Waals surface area (Å²) < 4.78 is 38.2. The lowest BCUT2D eigenvalue weighted by atomic mass is 10.0. The normalized spacial score (nSPS) is 21.5. The first-order valence-corrected chi connectivity index (χ1v) is 7.55. The zero-order valence-corrected chi connectivity index (χ0v) is 13.0. The van der Waals surface area contributed by atoms with E-state index in [1.54, 1.807) is 25.1 Å². The third kappa shape index (κ3) is 4.37. The van der Waals surface area contributed by atoms with Crippen LogP contribution in [0.25, 0.3) is 0 Å². The van der Waals surface area contributed by atoms with E-state index in [0.717, 1.165) is 12.1 Å². The van der Waals surface area contributed by atoms with Crippen LogP contribution in [0, 0.1) is 5.92 Å². The lowest BCUT2D eigenvalue weighted by Gasteiger charge is -2.13. The van der Waals surface area contributed by atoms with Gasteiger partial charge in [-0.1, -0.05) is 30.4 Å². The third-order valence-corrected chi connectivity index (χ3v) is 3.99. The molecule has 2 N–H and O–H groups in total. The summed E-state index contributed by atoms with van der Waals surface area (Å²) in [4.78, 5) is 23.2. The van der Waals surface area contributed by atoms with Gasteiger partial charge in [0.05, 0.1) is 5.56 Å². The number of hydrogen-bond acceptors (Lipinski definition) is 2. The van der Waals surface area contributed by atoms with Crippen molar-refractivity contribution in [2.75, 3.05) is 0 Å². The van der Waals surface area contributed by atoms with Crippen LogP contribution < -0.4 is 5.32 Å². The van der Waals surface area contributed by atoms with Crippen molar-refractivity contribution in [3.05, 3.63) is 47.5 Å². The molecule has 1 amide bonds. The zero-order chi connectivity index (χ0) is 17.9. The summed E-state index contributed by atoms with van der Waals surface area (Å²) in [5.74, 6) is -2.36. The number of carbonyl (C=O) groups is 2. The first-order chi connectivity index (χ1) is 11.2. The molecule has 3 unspecified atom stereocenters. The molecule has 1 fully saturated rings. The summed E-state index contributed by atoms with van der Waals surface area (Å²) in [6.45, 7) is 1.74. The van der Waals surface area contributed by atoms with Gasteiger partial charge in [-0.15, -0.1) is 0 Å². The predicted molar refractivity (Wildman–Crippen MR) is 81.3 cm³/mol. The van der Waals surface area contributed by atoms with E-state index in [1.165, 1.54) is 6.07 Å². The van der Waals surface area contributed by atoms with Crippen molar-refractivity contribution in [2.45, 2.75) is 37.9 Å². The first kappa shape index (κ1) is 18.0. The molecular formula is C17H18F3NO3. The Morgan fingerprint density at radius 2 is 2.12 bits per heavy atom. The van der Waals surface area contributed by atoms with Gasteiger partial charge < -0.3 is 10.4 Å². The number of rotatable bonds is 6. The average molecular weight is 341 g/mol. The van der Waals surface area contributed by atoms with E-state index < -0.39 is 35.6 Å². The number of carboxylic acids is 1. The molecule has 0 spiro atoms. The molecule has 130 valence electrons. The van der Waals surface area contributed by atoms with Gasteiger partial charge in [-0.25, -0.2) is 4.79 Å². The van der Waals surface area contributed by atoms with Crippen LogP contribution in [-0.4, -0.2) is 23.0 Å². The standard InChI is InChI=1S/C17H18F3NO3/c1-2-3-7-14(16(23)24)21-15(22)13-9-12(13)10-5-4-6-11(8-10)17(18,19)20/h2-6,8,12-14H,7,9H2,1H3,(H,21,22)(H,23,24)/b3-2+. The Hall–Kier alpha value is -2.31. The predicted octanol–water partition coefficient (Wildman–Crippen LogP) is 3.34. The summed E-state index contributed by atoms with van der Waals surface area (Å²) in [7, 11) is 0. The van der Waals surface area contributed by atoms with Crippen molar-refractivity contribution >= 4 is 11.9 Å². The van der Waals surface area contributed by atoms with Crippen molar-refractivity contribution in [3.8, 4) is 0 Å². The van der Waals surface area contributed by atoms with Crippen molar-refractivity contribution in [3.63, 3.8) is 0 Å². The van der Waals surface area contributed by atoms with Crippen LogP contribution in [0.3, 0.4) is 0 Å². The molecule has 0 aromatic heterocycles. The van der Waals surface area contributed by atoms with E-state index in [2.05, 4.69) is 5.32 Å². The highest BCUT2D eigenvalue weighted by Gasteiger charge is 2.45. The number of allylic oxidation sites excluding steroid dienone is 1. The van der Waals surface area contributed by atoms with Crippen molar-refractivity contribution < 1.29 is 27.9 Å². The number of carbonyl (C=O) groups excluding carboxylic acids is 1. The second-order valence-electron chi connectivity index (χ2n) is 5.78. The smallest absolute Gasteiger partial charge is 0.416 e. The molecule has 0 bridgehead atoms. The molecule has 2 rings (SSSR count). The van der Waals surface area contributed by atoms with Crippen LogP contribution in [0.5, 0.6) is 0 Å². The molecule has 0 radical (unpaired) electrons. The van der Waals surface area contributed by atoms with Gasteiger partial charge in [0.25, 0.3) is 0 Å². The van der Waals surface area contributed by atoms with Crippen LogP contribution in [0.15, 0.2) is 36.4 Å². The monoisotopic (exact) mass is 341 g/mol. The summed E-state index contributed by atoms with van der Waals surface area (Å²) >= 11 is 0. The molecule has 4 nitrogen and oxygen atoms in total. The maximum atomic E-state index is 12.7. The Morgan fingerprint density at radius 1 is 1.42 bits per heavy atom. The van der Waals surface area contributed by atoms with Crippen molar-refractivity contribution in [1.82, 2.24) is 5.32 Å². The lowest BCUT2D eigenvalue weighted by Crippen LogP contribution is -2.41. The van der Waals surface area contributed by atoms with Gasteiger partial charge in [-0.05, 0) is 37.3 Å². The highest BCUT2D eigenvalue weighted by Crippen LogP contribution is 2.48. The lowest BCUT2D eigenvalue weighted by molar-refractivity contribution is -0.142. The largest absolute Gasteiger partial charge is 0.480 e. The molecule has 0 aliphatic heterocycles. The quantitative estimate of drug-likeness (QED) is 0.780. The van der Waals surface area contributed by atoms with E-state index in [0.29, 0.717) is 12.0 Å². The summed E-state index contributed by atoms with van der Waals surface area (Å²) in [5.41, 5.74) is -0.298. The second kappa shape index (κ2) is 7.07.